The van der Waals surface area contributed by atoms with Gasteiger partial charge in [-0.25, -0.2) is 0 Å². The van der Waals surface area contributed by atoms with Crippen molar-refractivity contribution in [3.05, 3.63) is 29.8 Å². The average molecular weight is 302 g/mol. The molecule has 0 spiro atoms. The van der Waals surface area contributed by atoms with Gasteiger partial charge in [0.1, 0.15) is 0 Å². The Kier molecular flexibility index (Phi) is 5.11. The molecule has 0 bridgehead atoms. The van der Waals surface area contributed by atoms with E-state index in [0.29, 0.717) is 0 Å². The van der Waals surface area contributed by atoms with E-state index in [-0.39, 0.29) is 11.8 Å². The number of benzene rings is 1. The zero-order valence-corrected chi connectivity index (χ0v) is 13.1. The maximum atomic E-state index is 12.2. The van der Waals surface area contributed by atoms with E-state index in [4.69, 9.17) is 0 Å². The molecular weight excluding hydrogens is 276 g/mol. The predicted octanol–water partition coefficient (Wildman–Crippen LogP) is 2.77. The van der Waals surface area contributed by atoms with E-state index in [1.165, 1.54) is 37.9 Å². The lowest BCUT2D eigenvalue weighted by molar-refractivity contribution is -0.122. The van der Waals surface area contributed by atoms with Gasteiger partial charge in [0, 0.05) is 12.2 Å². The van der Waals surface area contributed by atoms with Gasteiger partial charge in [-0.1, -0.05) is 18.6 Å². The highest BCUT2D eigenvalue weighted by atomic mass is 16.3. The third-order valence-corrected chi connectivity index (χ3v) is 4.87. The van der Waals surface area contributed by atoms with Crippen LogP contribution in [0.1, 0.15) is 44.1 Å². The maximum Gasteiger partial charge on any atom is 0.230 e. The Morgan fingerprint density at radius 3 is 2.73 bits per heavy atom. The minimum Gasteiger partial charge on any atom is -0.392 e. The third-order valence-electron chi connectivity index (χ3n) is 4.87. The van der Waals surface area contributed by atoms with Crippen LogP contribution in [0.3, 0.4) is 0 Å². The topological polar surface area (TPSA) is 52.6 Å². The number of hydrogen-bond acceptors (Lipinski definition) is 3. The first-order valence-electron chi connectivity index (χ1n) is 8.52. The molecule has 2 unspecified atom stereocenters. The van der Waals surface area contributed by atoms with Gasteiger partial charge in [-0.15, -0.1) is 0 Å². The van der Waals surface area contributed by atoms with E-state index < -0.39 is 6.10 Å². The number of nitrogens with one attached hydrogen (secondary N) is 1. The molecule has 2 atom stereocenters. The third kappa shape index (κ3) is 3.87. The minimum atomic E-state index is -0.475. The van der Waals surface area contributed by atoms with Gasteiger partial charge in [0.05, 0.1) is 12.0 Å². The van der Waals surface area contributed by atoms with Crippen molar-refractivity contribution in [3.63, 3.8) is 0 Å². The van der Waals surface area contributed by atoms with Crippen LogP contribution >= 0.6 is 0 Å². The summed E-state index contributed by atoms with van der Waals surface area (Å²) in [5.74, 6) is -0.286. The molecule has 4 heteroatoms. The zero-order chi connectivity index (χ0) is 15.4. The standard InChI is InChI=1S/C18H26N2O2/c21-17-9-5-8-16(17)18(22)19-15-7-4-6-14(12-15)13-20-10-2-1-3-11-20/h4,6-7,12,16-17,21H,1-3,5,8-11,13H2,(H,19,22). The van der Waals surface area contributed by atoms with Crippen molar-refractivity contribution in [1.29, 1.82) is 0 Å². The highest BCUT2D eigenvalue weighted by Gasteiger charge is 2.31. The van der Waals surface area contributed by atoms with Crippen LogP contribution in [0.15, 0.2) is 24.3 Å². The monoisotopic (exact) mass is 302 g/mol. The average Bonchev–Trinajstić information content (AvgIpc) is 2.95. The predicted molar refractivity (Wildman–Crippen MR) is 87.5 cm³/mol. The van der Waals surface area contributed by atoms with Crippen molar-refractivity contribution in [2.75, 3.05) is 18.4 Å². The summed E-state index contributed by atoms with van der Waals surface area (Å²) in [6.45, 7) is 3.30. The Bertz CT molecular complexity index is 512. The molecule has 1 aromatic rings. The summed E-state index contributed by atoms with van der Waals surface area (Å²) < 4.78 is 0. The SMILES string of the molecule is O=C(Nc1cccc(CN2CCCCC2)c1)C1CCCC1O. The van der Waals surface area contributed by atoms with Gasteiger partial charge in [0.2, 0.25) is 5.91 Å². The number of carbonyl (C=O) groups excluding carboxylic acids is 1. The highest BCUT2D eigenvalue weighted by Crippen LogP contribution is 2.27. The van der Waals surface area contributed by atoms with Crippen LogP contribution in [0.25, 0.3) is 0 Å². The van der Waals surface area contributed by atoms with Crippen LogP contribution in [-0.4, -0.2) is 35.1 Å². The number of aliphatic hydroxyl groups is 1. The quantitative estimate of drug-likeness (QED) is 0.899. The first-order chi connectivity index (χ1) is 10.7. The van der Waals surface area contributed by atoms with E-state index in [2.05, 4.69) is 22.3 Å². The van der Waals surface area contributed by atoms with Gasteiger partial charge in [0.25, 0.3) is 0 Å². The van der Waals surface area contributed by atoms with Gasteiger partial charge in [-0.3, -0.25) is 9.69 Å². The lowest BCUT2D eigenvalue weighted by Gasteiger charge is -2.26. The fourth-order valence-corrected chi connectivity index (χ4v) is 3.60. The Hall–Kier alpha value is -1.39. The number of hydrogen-bond donors (Lipinski definition) is 2. The molecule has 120 valence electrons. The molecule has 1 aromatic carbocycles. The van der Waals surface area contributed by atoms with Crippen LogP contribution < -0.4 is 5.32 Å². The molecule has 1 saturated carbocycles. The molecule has 1 heterocycles. The summed E-state index contributed by atoms with van der Waals surface area (Å²) in [6.07, 6.45) is 5.92. The number of anilines is 1. The molecule has 1 amide bonds. The number of piperidine rings is 1. The molecule has 3 rings (SSSR count). The first-order valence-corrected chi connectivity index (χ1v) is 8.52. The number of rotatable bonds is 4. The highest BCUT2D eigenvalue weighted by molar-refractivity contribution is 5.93. The van der Waals surface area contributed by atoms with Gasteiger partial charge in [-0.2, -0.15) is 0 Å². The van der Waals surface area contributed by atoms with Crippen molar-refractivity contribution < 1.29 is 9.90 Å². The summed E-state index contributed by atoms with van der Waals surface area (Å²) in [5, 5.41) is 12.8. The second-order valence-corrected chi connectivity index (χ2v) is 6.63. The van der Waals surface area contributed by atoms with E-state index in [0.717, 1.165) is 31.5 Å². The second kappa shape index (κ2) is 7.25. The van der Waals surface area contributed by atoms with Gasteiger partial charge in [0.15, 0.2) is 0 Å². The first kappa shape index (κ1) is 15.5. The van der Waals surface area contributed by atoms with Crippen LogP contribution in [0, 0.1) is 5.92 Å². The maximum absolute atomic E-state index is 12.2. The van der Waals surface area contributed by atoms with Crippen LogP contribution in [0.4, 0.5) is 5.69 Å². The summed E-state index contributed by atoms with van der Waals surface area (Å²) >= 11 is 0. The number of likely N-dealkylation sites (tertiary alicyclic amines) is 1. The number of aliphatic hydroxyl groups excluding tert-OH is 1. The van der Waals surface area contributed by atoms with Gasteiger partial charge < -0.3 is 10.4 Å². The molecule has 0 radical (unpaired) electrons. The molecule has 2 fully saturated rings. The smallest absolute Gasteiger partial charge is 0.230 e. The van der Waals surface area contributed by atoms with Crippen LogP contribution in [-0.2, 0) is 11.3 Å². The number of nitrogens with zero attached hydrogens (tertiary/aromatic N) is 1. The van der Waals surface area contributed by atoms with E-state index >= 15 is 0 Å². The Morgan fingerprint density at radius 1 is 1.18 bits per heavy atom. The lowest BCUT2D eigenvalue weighted by Crippen LogP contribution is -2.29. The Labute approximate surface area is 132 Å². The Balaban J connectivity index is 1.59. The minimum absolute atomic E-state index is 0.0416. The molecule has 4 nitrogen and oxygen atoms in total. The molecule has 22 heavy (non-hydrogen) atoms. The number of carbonyl (C=O) groups is 1. The van der Waals surface area contributed by atoms with Crippen molar-refractivity contribution in [2.45, 2.75) is 51.2 Å². The van der Waals surface area contributed by atoms with Crippen molar-refractivity contribution in [3.8, 4) is 0 Å². The van der Waals surface area contributed by atoms with Crippen molar-refractivity contribution >= 4 is 11.6 Å². The van der Waals surface area contributed by atoms with E-state index in [1.54, 1.807) is 0 Å². The largest absolute Gasteiger partial charge is 0.392 e. The van der Waals surface area contributed by atoms with Crippen molar-refractivity contribution in [2.24, 2.45) is 5.92 Å². The molecular formula is C18H26N2O2. The van der Waals surface area contributed by atoms with Gasteiger partial charge in [-0.05, 0) is 62.9 Å². The summed E-state index contributed by atoms with van der Waals surface area (Å²) in [7, 11) is 0. The summed E-state index contributed by atoms with van der Waals surface area (Å²) in [6, 6.07) is 8.11. The molecule has 2 aliphatic rings. The van der Waals surface area contributed by atoms with E-state index in [9.17, 15) is 9.90 Å². The Morgan fingerprint density at radius 2 is 2.00 bits per heavy atom. The van der Waals surface area contributed by atoms with Crippen LogP contribution in [0.2, 0.25) is 0 Å². The van der Waals surface area contributed by atoms with Crippen LogP contribution in [0.5, 0.6) is 0 Å². The number of amides is 1. The molecule has 0 aromatic heterocycles. The van der Waals surface area contributed by atoms with E-state index in [1.807, 2.05) is 12.1 Å². The van der Waals surface area contributed by atoms with Gasteiger partial charge >= 0.3 is 0 Å². The molecule has 1 saturated heterocycles. The molecule has 1 aliphatic carbocycles. The molecule has 2 N–H and O–H groups in total. The zero-order valence-electron chi connectivity index (χ0n) is 13.1. The summed E-state index contributed by atoms with van der Waals surface area (Å²) in [4.78, 5) is 14.7. The fourth-order valence-electron chi connectivity index (χ4n) is 3.60. The second-order valence-electron chi connectivity index (χ2n) is 6.63. The normalized spacial score (nSPS) is 26.0. The lowest BCUT2D eigenvalue weighted by atomic mass is 10.0. The summed E-state index contributed by atoms with van der Waals surface area (Å²) in [5.41, 5.74) is 2.09. The van der Waals surface area contributed by atoms with Crippen molar-refractivity contribution in [1.82, 2.24) is 4.90 Å². The fraction of sp³-hybridized carbons (Fsp3) is 0.611. The molecule has 1 aliphatic heterocycles.